The summed E-state index contributed by atoms with van der Waals surface area (Å²) in [6.45, 7) is -1.38. The van der Waals surface area contributed by atoms with E-state index in [0.29, 0.717) is 6.42 Å². The molecule has 0 spiro atoms. The second kappa shape index (κ2) is 5.81. The Labute approximate surface area is 96.8 Å². The molecule has 1 rings (SSSR count). The van der Waals surface area contributed by atoms with Crippen LogP contribution in [-0.2, 0) is 18.3 Å². The molecular formula is C10H14F3N3O. The number of Topliss-reactive ketones (excluding diaryl/α,β-unsaturated/α-hetero) is 1. The minimum Gasteiger partial charge on any atom is -0.302 e. The molecule has 0 unspecified atom stereocenters. The fourth-order valence-corrected chi connectivity index (χ4v) is 1.32. The van der Waals surface area contributed by atoms with Gasteiger partial charge in [0.1, 0.15) is 5.78 Å². The van der Waals surface area contributed by atoms with Crippen LogP contribution in [0, 0.1) is 0 Å². The number of nitrogens with one attached hydrogen (secondary N) is 1. The fourth-order valence-electron chi connectivity index (χ4n) is 1.32. The summed E-state index contributed by atoms with van der Waals surface area (Å²) in [5, 5.41) is 6.00. The number of halogens is 3. The van der Waals surface area contributed by atoms with Gasteiger partial charge in [0, 0.05) is 19.7 Å². The molecule has 0 aliphatic rings. The highest BCUT2D eigenvalue weighted by molar-refractivity contribution is 5.80. The topological polar surface area (TPSA) is 46.9 Å². The van der Waals surface area contributed by atoms with Crippen molar-refractivity contribution in [3.63, 3.8) is 0 Å². The lowest BCUT2D eigenvalue weighted by molar-refractivity contribution is -0.127. The van der Waals surface area contributed by atoms with Crippen LogP contribution >= 0.6 is 0 Å². The first kappa shape index (κ1) is 13.7. The Morgan fingerprint density at radius 1 is 1.53 bits per heavy atom. The van der Waals surface area contributed by atoms with Crippen molar-refractivity contribution in [3.05, 3.63) is 18.0 Å². The highest BCUT2D eigenvalue weighted by Crippen LogP contribution is 2.11. The lowest BCUT2D eigenvalue weighted by atomic mass is 10.1. The Morgan fingerprint density at radius 3 is 2.76 bits per heavy atom. The first-order chi connectivity index (χ1) is 7.87. The van der Waals surface area contributed by atoms with E-state index in [1.165, 1.54) is 0 Å². The summed E-state index contributed by atoms with van der Waals surface area (Å²) < 4.78 is 36.9. The van der Waals surface area contributed by atoms with Gasteiger partial charge in [-0.25, -0.2) is 0 Å². The minimum atomic E-state index is -4.27. The van der Waals surface area contributed by atoms with Crippen molar-refractivity contribution in [1.29, 1.82) is 0 Å². The quantitative estimate of drug-likeness (QED) is 0.820. The molecule has 1 heterocycles. The predicted octanol–water partition coefficient (Wildman–Crippen LogP) is 1.07. The van der Waals surface area contributed by atoms with Gasteiger partial charge in [0.05, 0.1) is 19.3 Å². The maximum Gasteiger partial charge on any atom is 0.401 e. The van der Waals surface area contributed by atoms with Gasteiger partial charge in [0.25, 0.3) is 0 Å². The van der Waals surface area contributed by atoms with Gasteiger partial charge in [-0.1, -0.05) is 0 Å². The maximum absolute atomic E-state index is 11.8. The van der Waals surface area contributed by atoms with Crippen molar-refractivity contribution in [2.75, 3.05) is 13.1 Å². The van der Waals surface area contributed by atoms with Crippen LogP contribution in [0.15, 0.2) is 12.4 Å². The molecule has 0 saturated carbocycles. The maximum atomic E-state index is 11.8. The van der Waals surface area contributed by atoms with Gasteiger partial charge in [-0.05, 0) is 12.0 Å². The number of nitrogens with zero attached hydrogens (tertiary/aromatic N) is 2. The molecule has 0 fully saturated rings. The van der Waals surface area contributed by atoms with Crippen LogP contribution in [0.5, 0.6) is 0 Å². The van der Waals surface area contributed by atoms with Crippen molar-refractivity contribution in [3.8, 4) is 0 Å². The number of alkyl halides is 3. The molecular weight excluding hydrogens is 235 g/mol. The van der Waals surface area contributed by atoms with E-state index in [-0.39, 0.29) is 18.7 Å². The van der Waals surface area contributed by atoms with E-state index in [9.17, 15) is 18.0 Å². The standard InChI is InChI=1S/C10H14F3N3O/c1-16-6-8(4-15-16)2-3-9(17)5-14-7-10(11,12)13/h4,6,14H,2-3,5,7H2,1H3. The number of carbonyl (C=O) groups excluding carboxylic acids is 1. The molecule has 1 aromatic rings. The van der Waals surface area contributed by atoms with E-state index in [2.05, 4.69) is 10.4 Å². The van der Waals surface area contributed by atoms with Gasteiger partial charge in [-0.3, -0.25) is 9.48 Å². The molecule has 96 valence electrons. The van der Waals surface area contributed by atoms with Crippen LogP contribution in [0.4, 0.5) is 13.2 Å². The smallest absolute Gasteiger partial charge is 0.302 e. The molecule has 1 N–H and O–H groups in total. The summed E-state index contributed by atoms with van der Waals surface area (Å²) in [6, 6.07) is 0. The summed E-state index contributed by atoms with van der Waals surface area (Å²) in [4.78, 5) is 11.3. The number of hydrogen-bond donors (Lipinski definition) is 1. The number of hydrogen-bond acceptors (Lipinski definition) is 3. The molecule has 0 aliphatic carbocycles. The van der Waals surface area contributed by atoms with Crippen molar-refractivity contribution >= 4 is 5.78 Å². The first-order valence-corrected chi connectivity index (χ1v) is 5.13. The van der Waals surface area contributed by atoms with Gasteiger partial charge in [-0.15, -0.1) is 0 Å². The van der Waals surface area contributed by atoms with Crippen LogP contribution in [0.3, 0.4) is 0 Å². The molecule has 0 aliphatic heterocycles. The average Bonchev–Trinajstić information content (AvgIpc) is 2.59. The molecule has 17 heavy (non-hydrogen) atoms. The number of aromatic nitrogens is 2. The Bertz CT molecular complexity index is 373. The molecule has 4 nitrogen and oxygen atoms in total. The predicted molar refractivity (Wildman–Crippen MR) is 55.5 cm³/mol. The average molecular weight is 249 g/mol. The van der Waals surface area contributed by atoms with Crippen molar-refractivity contribution < 1.29 is 18.0 Å². The third kappa shape index (κ3) is 6.06. The van der Waals surface area contributed by atoms with Crippen LogP contribution in [0.2, 0.25) is 0 Å². The summed E-state index contributed by atoms with van der Waals surface area (Å²) in [6.07, 6.45) is -0.145. The Balaban J connectivity index is 2.18. The van der Waals surface area contributed by atoms with Gasteiger partial charge in [0.2, 0.25) is 0 Å². The zero-order chi connectivity index (χ0) is 12.9. The molecule has 0 bridgehead atoms. The van der Waals surface area contributed by atoms with Gasteiger partial charge in [0.15, 0.2) is 0 Å². The van der Waals surface area contributed by atoms with E-state index in [1.807, 2.05) is 0 Å². The number of carbonyl (C=O) groups is 1. The normalized spacial score (nSPS) is 11.8. The second-order valence-corrected chi connectivity index (χ2v) is 3.78. The third-order valence-electron chi connectivity index (χ3n) is 2.10. The molecule has 7 heteroatoms. The highest BCUT2D eigenvalue weighted by atomic mass is 19.4. The highest BCUT2D eigenvalue weighted by Gasteiger charge is 2.26. The van der Waals surface area contributed by atoms with Crippen LogP contribution in [0.25, 0.3) is 0 Å². The largest absolute Gasteiger partial charge is 0.401 e. The van der Waals surface area contributed by atoms with Gasteiger partial charge >= 0.3 is 6.18 Å². The van der Waals surface area contributed by atoms with Crippen molar-refractivity contribution in [2.45, 2.75) is 19.0 Å². The number of ketones is 1. The van der Waals surface area contributed by atoms with Gasteiger partial charge in [-0.2, -0.15) is 18.3 Å². The Kier molecular flexibility index (Phi) is 4.68. The molecule has 0 atom stereocenters. The minimum absolute atomic E-state index is 0.219. The summed E-state index contributed by atoms with van der Waals surface area (Å²) >= 11 is 0. The lowest BCUT2D eigenvalue weighted by Crippen LogP contribution is -2.32. The van der Waals surface area contributed by atoms with Crippen LogP contribution in [0.1, 0.15) is 12.0 Å². The molecule has 0 saturated heterocycles. The molecule has 0 aromatic carbocycles. The zero-order valence-electron chi connectivity index (χ0n) is 9.42. The van der Waals surface area contributed by atoms with Crippen molar-refractivity contribution in [1.82, 2.24) is 15.1 Å². The van der Waals surface area contributed by atoms with Crippen LogP contribution in [-0.4, -0.2) is 34.8 Å². The first-order valence-electron chi connectivity index (χ1n) is 5.13. The fraction of sp³-hybridized carbons (Fsp3) is 0.600. The summed E-state index contributed by atoms with van der Waals surface area (Å²) in [5.41, 5.74) is 0.900. The van der Waals surface area contributed by atoms with Crippen LogP contribution < -0.4 is 5.32 Å². The number of rotatable bonds is 6. The SMILES string of the molecule is Cn1cc(CCC(=O)CNCC(F)(F)F)cn1. The van der Waals surface area contributed by atoms with E-state index >= 15 is 0 Å². The van der Waals surface area contributed by atoms with Gasteiger partial charge < -0.3 is 5.32 Å². The Hall–Kier alpha value is -1.37. The van der Waals surface area contributed by atoms with Crippen molar-refractivity contribution in [2.24, 2.45) is 7.05 Å². The number of aryl methyl sites for hydroxylation is 2. The van der Waals surface area contributed by atoms with E-state index in [4.69, 9.17) is 0 Å². The van der Waals surface area contributed by atoms with E-state index in [0.717, 1.165) is 5.56 Å². The zero-order valence-corrected chi connectivity index (χ0v) is 9.42. The lowest BCUT2D eigenvalue weighted by Gasteiger charge is -2.06. The van der Waals surface area contributed by atoms with E-state index in [1.54, 1.807) is 24.1 Å². The monoisotopic (exact) mass is 249 g/mol. The molecule has 0 amide bonds. The Morgan fingerprint density at radius 2 is 2.24 bits per heavy atom. The summed E-state index contributed by atoms with van der Waals surface area (Å²) in [5.74, 6) is -0.238. The summed E-state index contributed by atoms with van der Waals surface area (Å²) in [7, 11) is 1.76. The third-order valence-corrected chi connectivity index (χ3v) is 2.10. The molecule has 0 radical (unpaired) electrons. The van der Waals surface area contributed by atoms with E-state index < -0.39 is 12.7 Å². The molecule has 1 aromatic heterocycles. The second-order valence-electron chi connectivity index (χ2n) is 3.78.